The van der Waals surface area contributed by atoms with Gasteiger partial charge in [0.25, 0.3) is 0 Å². The van der Waals surface area contributed by atoms with Crippen molar-refractivity contribution in [1.82, 2.24) is 0 Å². The fourth-order valence-corrected chi connectivity index (χ4v) is 5.76. The van der Waals surface area contributed by atoms with Gasteiger partial charge in [-0.1, -0.05) is 128 Å². The second-order valence-corrected chi connectivity index (χ2v) is 9.44. The first-order valence-corrected chi connectivity index (χ1v) is 14.0. The molecule has 0 atom stereocenters. The van der Waals surface area contributed by atoms with E-state index in [-0.39, 0.29) is 5.41 Å². The molecule has 0 radical (unpaired) electrons. The molecule has 6 aromatic carbocycles. The number of hydrogen-bond donors (Lipinski definition) is 0. The first-order chi connectivity index (χ1) is 18.1. The molecule has 0 N–H and O–H groups in total. The van der Waals surface area contributed by atoms with Gasteiger partial charge in [-0.3, -0.25) is 0 Å². The van der Waals surface area contributed by atoms with Crippen molar-refractivity contribution in [2.45, 2.75) is 60.8 Å². The molecular formula is C37H40. The van der Waals surface area contributed by atoms with Crippen LogP contribution in [0.2, 0.25) is 0 Å². The Bertz CT molecular complexity index is 1700. The molecule has 0 bridgehead atoms. The highest BCUT2D eigenvalue weighted by molar-refractivity contribution is 6.15. The SMILES string of the molecule is CC.CC.CC.CC1(C)c2cc3cc4ccccc4cc3cc2-c2c1ccc1c2ccc2ccccc21. The zero-order valence-electron chi connectivity index (χ0n) is 23.7. The van der Waals surface area contributed by atoms with Crippen molar-refractivity contribution in [2.24, 2.45) is 0 Å². The summed E-state index contributed by atoms with van der Waals surface area (Å²) in [6, 6.07) is 36.2. The van der Waals surface area contributed by atoms with Gasteiger partial charge < -0.3 is 0 Å². The van der Waals surface area contributed by atoms with E-state index >= 15 is 0 Å². The van der Waals surface area contributed by atoms with Gasteiger partial charge in [0.1, 0.15) is 0 Å². The summed E-state index contributed by atoms with van der Waals surface area (Å²) in [5.74, 6) is 0. The van der Waals surface area contributed by atoms with Crippen molar-refractivity contribution in [2.75, 3.05) is 0 Å². The summed E-state index contributed by atoms with van der Waals surface area (Å²) in [6.07, 6.45) is 0. The van der Waals surface area contributed by atoms with E-state index < -0.39 is 0 Å². The summed E-state index contributed by atoms with van der Waals surface area (Å²) in [4.78, 5) is 0. The second-order valence-electron chi connectivity index (χ2n) is 9.44. The normalized spacial score (nSPS) is 12.5. The molecule has 6 aromatic rings. The Kier molecular flexibility index (Phi) is 7.69. The second kappa shape index (κ2) is 10.8. The maximum atomic E-state index is 2.43. The molecule has 1 aliphatic rings. The molecule has 0 saturated heterocycles. The third kappa shape index (κ3) is 4.19. The van der Waals surface area contributed by atoms with Crippen LogP contribution < -0.4 is 0 Å². The van der Waals surface area contributed by atoms with E-state index in [1.165, 1.54) is 65.3 Å². The van der Waals surface area contributed by atoms with Gasteiger partial charge in [0.05, 0.1) is 0 Å². The van der Waals surface area contributed by atoms with Gasteiger partial charge in [0, 0.05) is 5.41 Å². The van der Waals surface area contributed by atoms with Crippen LogP contribution in [0.3, 0.4) is 0 Å². The quantitative estimate of drug-likeness (QED) is 0.148. The summed E-state index contributed by atoms with van der Waals surface area (Å²) in [5, 5.41) is 10.6. The van der Waals surface area contributed by atoms with Crippen LogP contribution in [0, 0.1) is 0 Å². The van der Waals surface area contributed by atoms with Crippen LogP contribution in [0.4, 0.5) is 0 Å². The lowest BCUT2D eigenvalue weighted by Gasteiger charge is -2.22. The predicted octanol–water partition coefficient (Wildman–Crippen LogP) is 11.7. The van der Waals surface area contributed by atoms with Gasteiger partial charge in [0.2, 0.25) is 0 Å². The van der Waals surface area contributed by atoms with Crippen molar-refractivity contribution in [3.63, 3.8) is 0 Å². The van der Waals surface area contributed by atoms with Gasteiger partial charge in [-0.05, 0) is 89.6 Å². The largest absolute Gasteiger partial charge is 0.0683 e. The van der Waals surface area contributed by atoms with E-state index in [1.807, 2.05) is 41.5 Å². The average Bonchev–Trinajstić information content (AvgIpc) is 3.19. The third-order valence-electron chi connectivity index (χ3n) is 7.38. The Balaban J connectivity index is 0.000000500. The van der Waals surface area contributed by atoms with Crippen molar-refractivity contribution in [3.05, 3.63) is 108 Å². The molecule has 0 amide bonds. The minimum absolute atomic E-state index is 0.00959. The molecule has 0 heterocycles. The maximum Gasteiger partial charge on any atom is 0.0159 e. The first-order valence-electron chi connectivity index (χ1n) is 14.0. The molecule has 0 fully saturated rings. The van der Waals surface area contributed by atoms with Crippen LogP contribution in [0.15, 0.2) is 97.1 Å². The molecule has 0 nitrogen and oxygen atoms in total. The molecule has 1 aliphatic carbocycles. The topological polar surface area (TPSA) is 0 Å². The van der Waals surface area contributed by atoms with Gasteiger partial charge in [0.15, 0.2) is 0 Å². The summed E-state index contributed by atoms with van der Waals surface area (Å²) in [6.45, 7) is 16.7. The molecule has 37 heavy (non-hydrogen) atoms. The van der Waals surface area contributed by atoms with Crippen LogP contribution in [-0.4, -0.2) is 0 Å². The number of hydrogen-bond acceptors (Lipinski definition) is 0. The van der Waals surface area contributed by atoms with Crippen LogP contribution in [0.25, 0.3) is 54.2 Å². The number of fused-ring (bicyclic) bond motifs is 9. The Morgan fingerprint density at radius 3 is 1.59 bits per heavy atom. The standard InChI is InChI=1S/C31H22.3C2H6/c1-31(2)28-14-13-25-24-10-6-5-7-19(24)11-12-26(25)30(28)27-17-22-15-20-8-3-4-9-21(20)16-23(22)18-29(27)31;3*1-2/h3-18H,1-2H3;3*1-2H3. The lowest BCUT2D eigenvalue weighted by molar-refractivity contribution is 0.661. The minimum Gasteiger partial charge on any atom is -0.0683 e. The molecule has 188 valence electrons. The van der Waals surface area contributed by atoms with Crippen LogP contribution in [-0.2, 0) is 5.41 Å². The van der Waals surface area contributed by atoms with Gasteiger partial charge in [-0.15, -0.1) is 0 Å². The van der Waals surface area contributed by atoms with E-state index in [0.717, 1.165) is 0 Å². The zero-order valence-corrected chi connectivity index (χ0v) is 23.7. The summed E-state index contributed by atoms with van der Waals surface area (Å²) < 4.78 is 0. The highest BCUT2D eigenvalue weighted by atomic mass is 14.4. The fourth-order valence-electron chi connectivity index (χ4n) is 5.76. The molecule has 0 aromatic heterocycles. The lowest BCUT2D eigenvalue weighted by atomic mass is 9.81. The Hall–Kier alpha value is -3.64. The van der Waals surface area contributed by atoms with Crippen LogP contribution >= 0.6 is 0 Å². The van der Waals surface area contributed by atoms with E-state index in [0.29, 0.717) is 0 Å². The van der Waals surface area contributed by atoms with E-state index in [2.05, 4.69) is 111 Å². The predicted molar refractivity (Wildman–Crippen MR) is 168 cm³/mol. The average molecular weight is 485 g/mol. The van der Waals surface area contributed by atoms with E-state index in [1.54, 1.807) is 0 Å². The molecule has 0 spiro atoms. The Morgan fingerprint density at radius 1 is 0.405 bits per heavy atom. The van der Waals surface area contributed by atoms with E-state index in [4.69, 9.17) is 0 Å². The molecule has 0 unspecified atom stereocenters. The van der Waals surface area contributed by atoms with Crippen molar-refractivity contribution >= 4 is 43.1 Å². The highest BCUT2D eigenvalue weighted by Crippen LogP contribution is 2.53. The summed E-state index contributed by atoms with van der Waals surface area (Å²) in [7, 11) is 0. The van der Waals surface area contributed by atoms with Gasteiger partial charge in [-0.2, -0.15) is 0 Å². The molecular weight excluding hydrogens is 444 g/mol. The van der Waals surface area contributed by atoms with Gasteiger partial charge >= 0.3 is 0 Å². The summed E-state index contributed by atoms with van der Waals surface area (Å²) >= 11 is 0. The zero-order chi connectivity index (χ0) is 26.7. The monoisotopic (exact) mass is 484 g/mol. The van der Waals surface area contributed by atoms with Crippen molar-refractivity contribution in [3.8, 4) is 11.1 Å². The smallest absolute Gasteiger partial charge is 0.0159 e. The van der Waals surface area contributed by atoms with Crippen molar-refractivity contribution in [1.29, 1.82) is 0 Å². The minimum atomic E-state index is -0.00959. The van der Waals surface area contributed by atoms with Crippen LogP contribution in [0.1, 0.15) is 66.5 Å². The Labute approximate surface area is 223 Å². The third-order valence-corrected chi connectivity index (χ3v) is 7.38. The number of benzene rings is 6. The molecule has 0 heteroatoms. The highest BCUT2D eigenvalue weighted by Gasteiger charge is 2.36. The van der Waals surface area contributed by atoms with E-state index in [9.17, 15) is 0 Å². The molecule has 7 rings (SSSR count). The maximum absolute atomic E-state index is 2.43. The first kappa shape index (κ1) is 26.4. The van der Waals surface area contributed by atoms with Gasteiger partial charge in [-0.25, -0.2) is 0 Å². The molecule has 0 aliphatic heterocycles. The van der Waals surface area contributed by atoms with Crippen LogP contribution in [0.5, 0.6) is 0 Å². The Morgan fingerprint density at radius 2 is 0.946 bits per heavy atom. The van der Waals surface area contributed by atoms with Crippen molar-refractivity contribution < 1.29 is 0 Å². The fraction of sp³-hybridized carbons (Fsp3) is 0.243. The summed E-state index contributed by atoms with van der Waals surface area (Å²) in [5.41, 5.74) is 5.67. The number of rotatable bonds is 0. The molecule has 0 saturated carbocycles. The lowest BCUT2D eigenvalue weighted by Crippen LogP contribution is -2.14.